The van der Waals surface area contributed by atoms with Gasteiger partial charge in [-0.15, -0.1) is 0 Å². The number of nitriles is 1. The summed E-state index contributed by atoms with van der Waals surface area (Å²) >= 11 is 0. The van der Waals surface area contributed by atoms with E-state index in [1.165, 1.54) is 16.9 Å². The third-order valence-corrected chi connectivity index (χ3v) is 7.51. The number of nitrogens with zero attached hydrogens (tertiary/aromatic N) is 4. The monoisotopic (exact) mass is 607 g/mol. The van der Waals surface area contributed by atoms with Crippen LogP contribution in [0.15, 0.2) is 48.8 Å². The number of nitrogen functional groups attached to an aromatic ring is 1. The molecule has 2 aromatic heterocycles. The molecule has 0 spiro atoms. The lowest BCUT2D eigenvalue weighted by Gasteiger charge is -2.30. The summed E-state index contributed by atoms with van der Waals surface area (Å²) in [5.74, 6) is -2.81. The van der Waals surface area contributed by atoms with E-state index < -0.39 is 60.5 Å². The van der Waals surface area contributed by atoms with Crippen LogP contribution in [0.2, 0.25) is 0 Å². The second-order valence-corrected chi connectivity index (χ2v) is 11.3. The van der Waals surface area contributed by atoms with Crippen LogP contribution >= 0.6 is 0 Å². The molecule has 4 rings (SSSR count). The Bertz CT molecular complexity index is 1540. The molecule has 0 radical (unpaired) electrons. The molecule has 1 fully saturated rings. The molecule has 234 valence electrons. The number of rotatable bonds is 11. The van der Waals surface area contributed by atoms with E-state index in [0.29, 0.717) is 11.1 Å². The van der Waals surface area contributed by atoms with Crippen molar-refractivity contribution in [1.82, 2.24) is 14.6 Å². The molecule has 6 N–H and O–H groups in total. The summed E-state index contributed by atoms with van der Waals surface area (Å²) in [5.41, 5.74) is 17.3. The molecule has 1 aliphatic heterocycles. The van der Waals surface area contributed by atoms with Crippen molar-refractivity contribution in [3.63, 3.8) is 0 Å². The van der Waals surface area contributed by atoms with Gasteiger partial charge in [0.15, 0.2) is 18.0 Å². The molecule has 3 heterocycles. The van der Waals surface area contributed by atoms with Gasteiger partial charge < -0.3 is 36.1 Å². The van der Waals surface area contributed by atoms with E-state index in [1.807, 2.05) is 6.07 Å². The van der Waals surface area contributed by atoms with Gasteiger partial charge in [-0.25, -0.2) is 9.50 Å². The zero-order valence-electron chi connectivity index (χ0n) is 25.0. The van der Waals surface area contributed by atoms with Crippen molar-refractivity contribution >= 4 is 29.2 Å². The molecule has 6 atom stereocenters. The van der Waals surface area contributed by atoms with Gasteiger partial charge in [-0.05, 0) is 29.5 Å². The van der Waals surface area contributed by atoms with E-state index >= 15 is 0 Å². The quantitative estimate of drug-likeness (QED) is 0.205. The fourth-order valence-corrected chi connectivity index (χ4v) is 4.75. The SMILES string of the molecule is CC(C)C(N)C(=O)O[C@H]1[C@@H](OC(=O)[C@@H](N)C(C)C)[C@](C#N)(c2ccc3c(N)ncnn23)O[C@@H]1COC(=O)Cc1ccccc1. The highest BCUT2D eigenvalue weighted by Crippen LogP contribution is 2.44. The van der Waals surface area contributed by atoms with Crippen molar-refractivity contribution in [2.45, 2.75) is 70.1 Å². The first kappa shape index (κ1) is 32.3. The van der Waals surface area contributed by atoms with E-state index in [4.69, 9.17) is 36.1 Å². The fraction of sp³-hybridized carbons (Fsp3) is 0.467. The minimum Gasteiger partial charge on any atom is -0.463 e. The number of esters is 3. The van der Waals surface area contributed by atoms with Gasteiger partial charge in [-0.2, -0.15) is 10.4 Å². The maximum Gasteiger partial charge on any atom is 0.323 e. The molecule has 1 aromatic carbocycles. The molecule has 14 nitrogen and oxygen atoms in total. The molecule has 0 saturated carbocycles. The molecular formula is C30H37N7O7. The zero-order chi connectivity index (χ0) is 32.2. The summed E-state index contributed by atoms with van der Waals surface area (Å²) in [6.45, 7) is 6.46. The average molecular weight is 608 g/mol. The zero-order valence-corrected chi connectivity index (χ0v) is 25.0. The van der Waals surface area contributed by atoms with Gasteiger partial charge in [-0.3, -0.25) is 14.4 Å². The van der Waals surface area contributed by atoms with E-state index in [9.17, 15) is 19.6 Å². The third kappa shape index (κ3) is 6.49. The lowest BCUT2D eigenvalue weighted by atomic mass is 9.91. The molecule has 0 amide bonds. The lowest BCUT2D eigenvalue weighted by molar-refractivity contribution is -0.172. The van der Waals surface area contributed by atoms with Gasteiger partial charge in [0.05, 0.1) is 12.1 Å². The number of carbonyl (C=O) groups excluding carboxylic acids is 3. The van der Waals surface area contributed by atoms with Gasteiger partial charge >= 0.3 is 17.9 Å². The number of hydrogen-bond acceptors (Lipinski definition) is 13. The molecule has 44 heavy (non-hydrogen) atoms. The molecular weight excluding hydrogens is 570 g/mol. The van der Waals surface area contributed by atoms with Crippen LogP contribution in [-0.2, 0) is 45.4 Å². The highest BCUT2D eigenvalue weighted by atomic mass is 16.7. The molecule has 0 bridgehead atoms. The van der Waals surface area contributed by atoms with Crippen molar-refractivity contribution in [3.05, 3.63) is 60.0 Å². The number of fused-ring (bicyclic) bond motifs is 1. The van der Waals surface area contributed by atoms with Crippen molar-refractivity contribution in [3.8, 4) is 6.07 Å². The second kappa shape index (κ2) is 13.4. The van der Waals surface area contributed by atoms with Gasteiger partial charge in [0, 0.05) is 0 Å². The smallest absolute Gasteiger partial charge is 0.323 e. The topological polar surface area (TPSA) is 220 Å². The fourth-order valence-electron chi connectivity index (χ4n) is 4.75. The number of carbonyl (C=O) groups is 3. The van der Waals surface area contributed by atoms with Crippen molar-refractivity contribution in [2.75, 3.05) is 12.3 Å². The number of nitrogens with two attached hydrogens (primary N) is 3. The molecule has 1 aliphatic rings. The molecule has 0 aliphatic carbocycles. The van der Waals surface area contributed by atoms with Crippen molar-refractivity contribution in [2.24, 2.45) is 23.3 Å². The molecule has 14 heteroatoms. The van der Waals surface area contributed by atoms with Crippen LogP contribution < -0.4 is 17.2 Å². The Morgan fingerprint density at radius 2 is 1.66 bits per heavy atom. The standard InChI is InChI=1S/C30H37N7O7/c1-16(2)23(32)28(39)42-25-20(13-41-22(38)12-18-8-6-5-7-9-18)44-30(14-31,26(25)43-29(40)24(33)17(3)4)21-11-10-19-27(34)35-15-36-37(19)21/h5-11,15-17,20,23-26H,12-13,32-33H2,1-4H3,(H2,34,35,36)/t20-,23?,24+,25-,26-,30+/m1/s1. The summed E-state index contributed by atoms with van der Waals surface area (Å²) in [5, 5.41) is 14.9. The first-order valence-electron chi connectivity index (χ1n) is 14.2. The summed E-state index contributed by atoms with van der Waals surface area (Å²) in [7, 11) is 0. The first-order chi connectivity index (χ1) is 20.9. The number of benzene rings is 1. The summed E-state index contributed by atoms with van der Waals surface area (Å²) in [6.07, 6.45) is -3.15. The van der Waals surface area contributed by atoms with Crippen molar-refractivity contribution in [1.29, 1.82) is 5.26 Å². The Morgan fingerprint density at radius 1 is 1.02 bits per heavy atom. The normalized spacial score (nSPS) is 22.8. The molecule has 3 aromatic rings. The van der Waals surface area contributed by atoms with E-state index in [1.54, 1.807) is 58.0 Å². The highest BCUT2D eigenvalue weighted by Gasteiger charge is 2.63. The Morgan fingerprint density at radius 3 is 2.27 bits per heavy atom. The Kier molecular flexibility index (Phi) is 9.83. The van der Waals surface area contributed by atoms with Crippen LogP contribution in [-0.4, -0.2) is 69.5 Å². The average Bonchev–Trinajstić information content (AvgIpc) is 3.56. The molecule has 1 saturated heterocycles. The van der Waals surface area contributed by atoms with Gasteiger partial charge in [0.2, 0.25) is 5.60 Å². The van der Waals surface area contributed by atoms with E-state index in [0.717, 1.165) is 0 Å². The number of anilines is 1. The van der Waals surface area contributed by atoms with E-state index in [-0.39, 0.29) is 29.8 Å². The number of hydrogen-bond donors (Lipinski definition) is 3. The van der Waals surface area contributed by atoms with Crippen LogP contribution in [0.25, 0.3) is 5.52 Å². The summed E-state index contributed by atoms with van der Waals surface area (Å²) in [4.78, 5) is 43.2. The van der Waals surface area contributed by atoms with Crippen LogP contribution in [0, 0.1) is 23.2 Å². The Hall–Kier alpha value is -4.58. The van der Waals surface area contributed by atoms with Crippen molar-refractivity contribution < 1.29 is 33.3 Å². The largest absolute Gasteiger partial charge is 0.463 e. The van der Waals surface area contributed by atoms with Gasteiger partial charge in [0.1, 0.15) is 42.7 Å². The summed E-state index contributed by atoms with van der Waals surface area (Å²) in [6, 6.07) is 12.0. The van der Waals surface area contributed by atoms with Crippen LogP contribution in [0.1, 0.15) is 39.0 Å². The Balaban J connectivity index is 1.78. The van der Waals surface area contributed by atoms with Crippen LogP contribution in [0.3, 0.4) is 0 Å². The van der Waals surface area contributed by atoms with Crippen LogP contribution in [0.4, 0.5) is 5.82 Å². The first-order valence-corrected chi connectivity index (χ1v) is 14.2. The number of aromatic nitrogens is 3. The lowest BCUT2D eigenvalue weighted by Crippen LogP contribution is -2.51. The predicted molar refractivity (Wildman–Crippen MR) is 156 cm³/mol. The maximum atomic E-state index is 13.3. The van der Waals surface area contributed by atoms with Gasteiger partial charge in [-0.1, -0.05) is 58.0 Å². The van der Waals surface area contributed by atoms with Gasteiger partial charge in [0.25, 0.3) is 0 Å². The minimum atomic E-state index is -2.12. The molecule has 1 unspecified atom stereocenters. The van der Waals surface area contributed by atoms with E-state index in [2.05, 4.69) is 16.2 Å². The second-order valence-electron chi connectivity index (χ2n) is 11.3. The Labute approximate surface area is 254 Å². The highest BCUT2D eigenvalue weighted by molar-refractivity contribution is 5.77. The third-order valence-electron chi connectivity index (χ3n) is 7.51. The number of ether oxygens (including phenoxy) is 4. The van der Waals surface area contributed by atoms with Crippen LogP contribution in [0.5, 0.6) is 0 Å². The minimum absolute atomic E-state index is 0.0408. The maximum absolute atomic E-state index is 13.3. The summed E-state index contributed by atoms with van der Waals surface area (Å²) < 4.78 is 24.9. The predicted octanol–water partition coefficient (Wildman–Crippen LogP) is 1.01.